The van der Waals surface area contributed by atoms with Crippen LogP contribution in [0.1, 0.15) is 56.1 Å². The molecule has 0 saturated heterocycles. The minimum atomic E-state index is 0.304. The van der Waals surface area contributed by atoms with Gasteiger partial charge in [-0.3, -0.25) is 0 Å². The van der Waals surface area contributed by atoms with Crippen molar-refractivity contribution in [3.05, 3.63) is 41.0 Å². The monoisotopic (exact) mass is 311 g/mol. The van der Waals surface area contributed by atoms with E-state index in [4.69, 9.17) is 9.47 Å². The quantitative estimate of drug-likeness (QED) is 0.755. The van der Waals surface area contributed by atoms with Crippen molar-refractivity contribution >= 4 is 0 Å². The maximum Gasteiger partial charge on any atom is 0.127 e. The molecule has 0 aliphatic heterocycles. The predicted octanol–water partition coefficient (Wildman–Crippen LogP) is 4.68. The van der Waals surface area contributed by atoms with Crippen molar-refractivity contribution in [3.8, 4) is 5.75 Å². The number of hydrogen-bond acceptors (Lipinski definition) is 2. The Morgan fingerprint density at radius 3 is 2.87 bits per heavy atom. The average molecular weight is 311 g/mol. The van der Waals surface area contributed by atoms with E-state index in [0.717, 1.165) is 12.2 Å². The Labute approximate surface area is 139 Å². The topological polar surface area (TPSA) is 18.5 Å². The van der Waals surface area contributed by atoms with Gasteiger partial charge < -0.3 is 9.47 Å². The van der Waals surface area contributed by atoms with E-state index in [0.29, 0.717) is 23.4 Å². The van der Waals surface area contributed by atoms with Gasteiger partial charge in [-0.25, -0.2) is 0 Å². The first-order chi connectivity index (χ1) is 11.2. The van der Waals surface area contributed by atoms with Gasteiger partial charge >= 0.3 is 0 Å². The highest BCUT2D eigenvalue weighted by Crippen LogP contribution is 2.60. The van der Waals surface area contributed by atoms with Crippen LogP contribution in [0.4, 0.5) is 0 Å². The SMILES string of the molecule is CC[C@]12CC[C@@H]3c4cc(OC)[c]cc4CC[C@H]3C1=CC[C@@H]2OC. The molecule has 1 saturated carbocycles. The average Bonchev–Trinajstić information content (AvgIpc) is 3.00. The van der Waals surface area contributed by atoms with Crippen LogP contribution in [0.3, 0.4) is 0 Å². The number of hydrogen-bond donors (Lipinski definition) is 0. The first kappa shape index (κ1) is 15.3. The second kappa shape index (κ2) is 5.66. The summed E-state index contributed by atoms with van der Waals surface area (Å²) in [5, 5.41) is 0. The standard InChI is InChI=1S/C21H27O2/c1-4-21-12-11-16-17(19(21)9-10-20(21)23-3)8-6-14-5-7-15(22-2)13-18(14)16/h5,9,13,16-17,20H,4,6,8,10-12H2,1-3H3/t16-,17+,20-,21-/m0/s1. The first-order valence-corrected chi connectivity index (χ1v) is 9.05. The molecule has 1 aromatic rings. The predicted molar refractivity (Wildman–Crippen MR) is 91.8 cm³/mol. The van der Waals surface area contributed by atoms with Gasteiger partial charge in [-0.15, -0.1) is 0 Å². The second-order valence-corrected chi connectivity index (χ2v) is 7.40. The third-order valence-corrected chi connectivity index (χ3v) is 6.84. The number of rotatable bonds is 3. The van der Waals surface area contributed by atoms with E-state index >= 15 is 0 Å². The Bertz CT molecular complexity index is 633. The molecule has 0 unspecified atom stereocenters. The molecule has 0 amide bonds. The van der Waals surface area contributed by atoms with Gasteiger partial charge in [-0.05, 0) is 73.6 Å². The number of fused-ring (bicyclic) bond motifs is 5. The maximum absolute atomic E-state index is 5.88. The molecule has 1 radical (unpaired) electrons. The molecule has 2 heteroatoms. The zero-order valence-corrected chi connectivity index (χ0v) is 14.5. The van der Waals surface area contributed by atoms with Crippen molar-refractivity contribution in [2.24, 2.45) is 11.3 Å². The molecule has 4 rings (SSSR count). The molecule has 2 nitrogen and oxygen atoms in total. The summed E-state index contributed by atoms with van der Waals surface area (Å²) in [6.07, 6.45) is 10.2. The molecule has 1 aromatic carbocycles. The van der Waals surface area contributed by atoms with Gasteiger partial charge in [0.15, 0.2) is 0 Å². The van der Waals surface area contributed by atoms with Crippen molar-refractivity contribution < 1.29 is 9.47 Å². The number of benzene rings is 1. The van der Waals surface area contributed by atoms with Crippen molar-refractivity contribution in [2.45, 2.75) is 57.5 Å². The van der Waals surface area contributed by atoms with E-state index in [1.165, 1.54) is 43.2 Å². The summed E-state index contributed by atoms with van der Waals surface area (Å²) in [6, 6.07) is 7.67. The highest BCUT2D eigenvalue weighted by molar-refractivity contribution is 5.44. The van der Waals surface area contributed by atoms with E-state index in [-0.39, 0.29) is 0 Å². The van der Waals surface area contributed by atoms with Crippen LogP contribution in [-0.2, 0) is 11.2 Å². The highest BCUT2D eigenvalue weighted by Gasteiger charge is 2.52. The zero-order valence-electron chi connectivity index (χ0n) is 14.5. The van der Waals surface area contributed by atoms with Crippen molar-refractivity contribution in [1.29, 1.82) is 0 Å². The van der Waals surface area contributed by atoms with Gasteiger partial charge in [0.05, 0.1) is 13.2 Å². The maximum atomic E-state index is 5.88. The third-order valence-electron chi connectivity index (χ3n) is 6.84. The van der Waals surface area contributed by atoms with Crippen LogP contribution in [0.15, 0.2) is 23.8 Å². The molecule has 0 bridgehead atoms. The van der Waals surface area contributed by atoms with Gasteiger partial charge in [0, 0.05) is 18.6 Å². The Morgan fingerprint density at radius 1 is 1.26 bits per heavy atom. The minimum Gasteiger partial charge on any atom is -0.496 e. The van der Waals surface area contributed by atoms with Crippen molar-refractivity contribution in [2.75, 3.05) is 14.2 Å². The molecule has 3 aliphatic rings. The smallest absolute Gasteiger partial charge is 0.127 e. The fourth-order valence-electron chi connectivity index (χ4n) is 5.67. The van der Waals surface area contributed by atoms with Gasteiger partial charge in [0.25, 0.3) is 0 Å². The Balaban J connectivity index is 1.72. The van der Waals surface area contributed by atoms with E-state index in [1.54, 1.807) is 12.7 Å². The molecule has 0 N–H and O–H groups in total. The fourth-order valence-corrected chi connectivity index (χ4v) is 5.67. The lowest BCUT2D eigenvalue weighted by Crippen LogP contribution is -2.42. The summed E-state index contributed by atoms with van der Waals surface area (Å²) in [6.45, 7) is 2.35. The molecular weight excluding hydrogens is 284 g/mol. The van der Waals surface area contributed by atoms with Crippen LogP contribution in [-0.4, -0.2) is 20.3 Å². The van der Waals surface area contributed by atoms with Crippen LogP contribution >= 0.6 is 0 Å². The molecule has 123 valence electrons. The van der Waals surface area contributed by atoms with E-state index < -0.39 is 0 Å². The van der Waals surface area contributed by atoms with Gasteiger partial charge in [0.1, 0.15) is 5.75 Å². The molecule has 23 heavy (non-hydrogen) atoms. The first-order valence-electron chi connectivity index (χ1n) is 9.05. The fraction of sp³-hybridized carbons (Fsp3) is 0.619. The van der Waals surface area contributed by atoms with Crippen molar-refractivity contribution in [3.63, 3.8) is 0 Å². The lowest BCUT2D eigenvalue weighted by molar-refractivity contribution is -0.00428. The molecule has 0 heterocycles. The Hall–Kier alpha value is -1.28. The summed E-state index contributed by atoms with van der Waals surface area (Å²) in [5.41, 5.74) is 5.01. The van der Waals surface area contributed by atoms with E-state index in [9.17, 15) is 0 Å². The highest BCUT2D eigenvalue weighted by atomic mass is 16.5. The van der Waals surface area contributed by atoms with Crippen LogP contribution in [0.5, 0.6) is 5.75 Å². The largest absolute Gasteiger partial charge is 0.496 e. The van der Waals surface area contributed by atoms with Gasteiger partial charge in [-0.2, -0.15) is 0 Å². The molecule has 0 spiro atoms. The normalized spacial score (nSPS) is 35.1. The Morgan fingerprint density at radius 2 is 2.13 bits per heavy atom. The molecule has 3 aliphatic carbocycles. The molecule has 0 aromatic heterocycles. The summed E-state index contributed by atoms with van der Waals surface area (Å²) in [4.78, 5) is 0. The van der Waals surface area contributed by atoms with Crippen molar-refractivity contribution in [1.82, 2.24) is 0 Å². The van der Waals surface area contributed by atoms with Gasteiger partial charge in [-0.1, -0.05) is 18.6 Å². The number of aryl methyl sites for hydroxylation is 1. The van der Waals surface area contributed by atoms with Crippen LogP contribution in [0, 0.1) is 17.4 Å². The summed E-state index contributed by atoms with van der Waals surface area (Å²) >= 11 is 0. The van der Waals surface area contributed by atoms with Crippen LogP contribution in [0.25, 0.3) is 0 Å². The van der Waals surface area contributed by atoms with Gasteiger partial charge in [0.2, 0.25) is 0 Å². The lowest BCUT2D eigenvalue weighted by atomic mass is 9.56. The molecule has 4 atom stereocenters. The van der Waals surface area contributed by atoms with E-state index in [2.05, 4.69) is 31.2 Å². The minimum absolute atomic E-state index is 0.304. The summed E-state index contributed by atoms with van der Waals surface area (Å²) in [5.74, 6) is 2.24. The summed E-state index contributed by atoms with van der Waals surface area (Å²) < 4.78 is 11.3. The lowest BCUT2D eigenvalue weighted by Gasteiger charge is -2.49. The third kappa shape index (κ3) is 2.11. The van der Waals surface area contributed by atoms with Crippen LogP contribution in [0.2, 0.25) is 0 Å². The van der Waals surface area contributed by atoms with E-state index in [1.807, 2.05) is 7.11 Å². The Kier molecular flexibility index (Phi) is 3.76. The molecular formula is C21H27O2. The second-order valence-electron chi connectivity index (χ2n) is 7.40. The number of ether oxygens (including phenoxy) is 2. The zero-order chi connectivity index (χ0) is 16.0. The molecule has 1 fully saturated rings. The number of methoxy groups -OCH3 is 2. The van der Waals surface area contributed by atoms with Crippen LogP contribution < -0.4 is 4.74 Å². The summed E-state index contributed by atoms with van der Waals surface area (Å²) in [7, 11) is 3.63.